The van der Waals surface area contributed by atoms with Crippen molar-refractivity contribution in [3.05, 3.63) is 23.9 Å². The van der Waals surface area contributed by atoms with Crippen molar-refractivity contribution in [2.45, 2.75) is 33.0 Å². The largest absolute Gasteiger partial charge is 0.475 e. The highest BCUT2D eigenvalue weighted by molar-refractivity contribution is 5.17. The van der Waals surface area contributed by atoms with E-state index in [1.165, 1.54) is 0 Å². The number of nitrogens with zero attached hydrogens (tertiary/aromatic N) is 1. The summed E-state index contributed by atoms with van der Waals surface area (Å²) in [5.74, 6) is 0.563. The molecule has 0 amide bonds. The first-order valence-electron chi connectivity index (χ1n) is 4.41. The number of hydrogen-bond acceptors (Lipinski definition) is 3. The lowest BCUT2D eigenvalue weighted by Gasteiger charge is -2.10. The molecule has 72 valence electrons. The third kappa shape index (κ3) is 3.03. The second-order valence-corrected chi connectivity index (χ2v) is 3.24. The summed E-state index contributed by atoms with van der Waals surface area (Å²) in [6, 6.07) is 5.39. The Hall–Kier alpha value is -1.09. The van der Waals surface area contributed by atoms with Crippen LogP contribution in [0, 0.1) is 0 Å². The Balaban J connectivity index is 2.79. The Morgan fingerprint density at radius 1 is 1.31 bits per heavy atom. The number of aliphatic hydroxyl groups excluding tert-OH is 1. The number of rotatable bonds is 3. The van der Waals surface area contributed by atoms with Crippen molar-refractivity contribution in [3.63, 3.8) is 0 Å². The van der Waals surface area contributed by atoms with Gasteiger partial charge < -0.3 is 9.84 Å². The highest BCUT2D eigenvalue weighted by Gasteiger charge is 2.04. The molecular formula is C10H15NO2. The van der Waals surface area contributed by atoms with Gasteiger partial charge in [-0.2, -0.15) is 0 Å². The van der Waals surface area contributed by atoms with Crippen molar-refractivity contribution in [1.82, 2.24) is 4.98 Å². The van der Waals surface area contributed by atoms with Gasteiger partial charge in [-0.3, -0.25) is 0 Å². The van der Waals surface area contributed by atoms with Gasteiger partial charge in [0.25, 0.3) is 0 Å². The SMILES string of the molecule is CC(C)Oc1cccc([C@@H](C)O)n1. The van der Waals surface area contributed by atoms with E-state index in [1.54, 1.807) is 19.1 Å². The molecular weight excluding hydrogens is 166 g/mol. The number of pyridine rings is 1. The monoisotopic (exact) mass is 181 g/mol. The smallest absolute Gasteiger partial charge is 0.213 e. The van der Waals surface area contributed by atoms with E-state index in [0.717, 1.165) is 0 Å². The Bertz CT molecular complexity index is 271. The van der Waals surface area contributed by atoms with Crippen LogP contribution in [0.25, 0.3) is 0 Å². The Morgan fingerprint density at radius 2 is 2.00 bits per heavy atom. The van der Waals surface area contributed by atoms with E-state index in [9.17, 15) is 5.11 Å². The summed E-state index contributed by atoms with van der Waals surface area (Å²) in [6.45, 7) is 5.56. The van der Waals surface area contributed by atoms with Crippen LogP contribution in [0.5, 0.6) is 5.88 Å². The quantitative estimate of drug-likeness (QED) is 0.774. The highest BCUT2D eigenvalue weighted by atomic mass is 16.5. The van der Waals surface area contributed by atoms with Crippen LogP contribution in [-0.4, -0.2) is 16.2 Å². The maximum absolute atomic E-state index is 9.26. The van der Waals surface area contributed by atoms with Crippen molar-refractivity contribution < 1.29 is 9.84 Å². The van der Waals surface area contributed by atoms with Gasteiger partial charge >= 0.3 is 0 Å². The molecule has 0 aliphatic carbocycles. The zero-order valence-corrected chi connectivity index (χ0v) is 8.19. The zero-order chi connectivity index (χ0) is 9.84. The molecule has 1 N–H and O–H groups in total. The normalized spacial score (nSPS) is 13.0. The van der Waals surface area contributed by atoms with Crippen LogP contribution in [0.15, 0.2) is 18.2 Å². The first-order chi connectivity index (χ1) is 6.09. The molecule has 0 aromatic carbocycles. The van der Waals surface area contributed by atoms with Gasteiger partial charge in [-0.05, 0) is 26.8 Å². The van der Waals surface area contributed by atoms with E-state index < -0.39 is 6.10 Å². The van der Waals surface area contributed by atoms with Gasteiger partial charge in [-0.25, -0.2) is 4.98 Å². The van der Waals surface area contributed by atoms with Gasteiger partial charge in [0.05, 0.1) is 17.9 Å². The van der Waals surface area contributed by atoms with E-state index in [0.29, 0.717) is 11.6 Å². The Morgan fingerprint density at radius 3 is 2.54 bits per heavy atom. The molecule has 0 saturated heterocycles. The molecule has 13 heavy (non-hydrogen) atoms. The van der Waals surface area contributed by atoms with Crippen molar-refractivity contribution in [2.24, 2.45) is 0 Å². The molecule has 1 atom stereocenters. The predicted octanol–water partition coefficient (Wildman–Crippen LogP) is 1.92. The summed E-state index contributed by atoms with van der Waals surface area (Å²) in [6.07, 6.45) is -0.438. The molecule has 3 nitrogen and oxygen atoms in total. The minimum absolute atomic E-state index is 0.108. The molecule has 1 aromatic rings. The first kappa shape index (κ1) is 9.99. The predicted molar refractivity (Wildman–Crippen MR) is 50.6 cm³/mol. The third-order valence-corrected chi connectivity index (χ3v) is 1.53. The van der Waals surface area contributed by atoms with Crippen LogP contribution in [0.1, 0.15) is 32.6 Å². The molecule has 0 unspecified atom stereocenters. The lowest BCUT2D eigenvalue weighted by atomic mass is 10.2. The van der Waals surface area contributed by atoms with Crippen LogP contribution in [0.3, 0.4) is 0 Å². The lowest BCUT2D eigenvalue weighted by Crippen LogP contribution is -2.08. The molecule has 1 aromatic heterocycles. The standard InChI is InChI=1S/C10H15NO2/c1-7(2)13-10-6-4-5-9(11-10)8(3)12/h4-8,12H,1-3H3/t8-/m1/s1. The van der Waals surface area contributed by atoms with Crippen LogP contribution in [0.4, 0.5) is 0 Å². The van der Waals surface area contributed by atoms with E-state index >= 15 is 0 Å². The van der Waals surface area contributed by atoms with Crippen molar-refractivity contribution >= 4 is 0 Å². The summed E-state index contributed by atoms with van der Waals surface area (Å²) in [5, 5.41) is 9.26. The average Bonchev–Trinajstić information content (AvgIpc) is 2.03. The van der Waals surface area contributed by atoms with Crippen LogP contribution in [-0.2, 0) is 0 Å². The summed E-state index contributed by atoms with van der Waals surface area (Å²) < 4.78 is 5.38. The van der Waals surface area contributed by atoms with Crippen LogP contribution >= 0.6 is 0 Å². The van der Waals surface area contributed by atoms with Gasteiger partial charge in [0, 0.05) is 6.07 Å². The molecule has 0 aliphatic rings. The maximum Gasteiger partial charge on any atom is 0.213 e. The summed E-state index contributed by atoms with van der Waals surface area (Å²) in [5.41, 5.74) is 0.637. The lowest BCUT2D eigenvalue weighted by molar-refractivity contribution is 0.188. The van der Waals surface area contributed by atoms with Gasteiger partial charge in [0.1, 0.15) is 0 Å². The van der Waals surface area contributed by atoms with E-state index in [4.69, 9.17) is 4.74 Å². The topological polar surface area (TPSA) is 42.4 Å². The summed E-state index contributed by atoms with van der Waals surface area (Å²) in [4.78, 5) is 4.14. The zero-order valence-electron chi connectivity index (χ0n) is 8.19. The molecule has 0 spiro atoms. The fraction of sp³-hybridized carbons (Fsp3) is 0.500. The molecule has 1 heterocycles. The van der Waals surface area contributed by atoms with E-state index in [-0.39, 0.29) is 6.10 Å². The molecule has 3 heteroatoms. The number of aromatic nitrogens is 1. The first-order valence-corrected chi connectivity index (χ1v) is 4.41. The van der Waals surface area contributed by atoms with Crippen molar-refractivity contribution in [1.29, 1.82) is 0 Å². The molecule has 0 saturated carbocycles. The number of hydrogen-bond donors (Lipinski definition) is 1. The van der Waals surface area contributed by atoms with Gasteiger partial charge in [0.2, 0.25) is 5.88 Å². The highest BCUT2D eigenvalue weighted by Crippen LogP contribution is 2.14. The van der Waals surface area contributed by atoms with Crippen molar-refractivity contribution in [2.75, 3.05) is 0 Å². The van der Waals surface area contributed by atoms with E-state index in [1.807, 2.05) is 19.9 Å². The second-order valence-electron chi connectivity index (χ2n) is 3.24. The third-order valence-electron chi connectivity index (χ3n) is 1.53. The average molecular weight is 181 g/mol. The van der Waals surface area contributed by atoms with Gasteiger partial charge in [0.15, 0.2) is 0 Å². The molecule has 0 bridgehead atoms. The molecule has 0 radical (unpaired) electrons. The van der Waals surface area contributed by atoms with Crippen molar-refractivity contribution in [3.8, 4) is 5.88 Å². The van der Waals surface area contributed by atoms with E-state index in [2.05, 4.69) is 4.98 Å². The molecule has 1 rings (SSSR count). The van der Waals surface area contributed by atoms with Crippen LogP contribution in [0.2, 0.25) is 0 Å². The fourth-order valence-electron chi connectivity index (χ4n) is 0.971. The minimum Gasteiger partial charge on any atom is -0.475 e. The summed E-state index contributed by atoms with van der Waals surface area (Å²) >= 11 is 0. The Kier molecular flexibility index (Phi) is 3.25. The van der Waals surface area contributed by atoms with Gasteiger partial charge in [-0.1, -0.05) is 6.07 Å². The van der Waals surface area contributed by atoms with Gasteiger partial charge in [-0.15, -0.1) is 0 Å². The number of ether oxygens (including phenoxy) is 1. The summed E-state index contributed by atoms with van der Waals surface area (Å²) in [7, 11) is 0. The fourth-order valence-corrected chi connectivity index (χ4v) is 0.971. The maximum atomic E-state index is 9.26. The van der Waals surface area contributed by atoms with Crippen LogP contribution < -0.4 is 4.74 Å². The Labute approximate surface area is 78.4 Å². The second kappa shape index (κ2) is 4.23. The number of aliphatic hydroxyl groups is 1. The minimum atomic E-state index is -0.546. The molecule has 0 fully saturated rings. The molecule has 0 aliphatic heterocycles.